The van der Waals surface area contributed by atoms with Crippen molar-refractivity contribution >= 4 is 5.91 Å². The third kappa shape index (κ3) is 8.18. The van der Waals surface area contributed by atoms with Crippen LogP contribution in [0, 0.1) is 0 Å². The van der Waals surface area contributed by atoms with Gasteiger partial charge in [-0.2, -0.15) is 0 Å². The highest BCUT2D eigenvalue weighted by Gasteiger charge is 2.18. The number of nitrogens with zero attached hydrogens (tertiary/aromatic N) is 1. The number of hydrogen-bond acceptors (Lipinski definition) is 4. The second kappa shape index (κ2) is 9.28. The molecule has 1 heterocycles. The van der Waals surface area contributed by atoms with Gasteiger partial charge in [0.2, 0.25) is 5.91 Å². The summed E-state index contributed by atoms with van der Waals surface area (Å²) < 4.78 is 5.51. The molecule has 0 unspecified atom stereocenters. The van der Waals surface area contributed by atoms with E-state index in [0.29, 0.717) is 25.2 Å². The average molecular weight is 271 g/mol. The first-order valence-corrected chi connectivity index (χ1v) is 7.38. The number of amides is 1. The van der Waals surface area contributed by atoms with Crippen molar-refractivity contribution in [1.82, 2.24) is 15.5 Å². The molecule has 0 aromatic heterocycles. The van der Waals surface area contributed by atoms with Crippen molar-refractivity contribution in [2.75, 3.05) is 39.4 Å². The summed E-state index contributed by atoms with van der Waals surface area (Å²) >= 11 is 0. The van der Waals surface area contributed by atoms with E-state index >= 15 is 0 Å². The smallest absolute Gasteiger partial charge is 0.216 e. The lowest BCUT2D eigenvalue weighted by molar-refractivity contribution is -0.119. The Balaban J connectivity index is 1.96. The highest BCUT2D eigenvalue weighted by atomic mass is 16.5. The van der Waals surface area contributed by atoms with Crippen LogP contribution in [0.5, 0.6) is 0 Å². The third-order valence-corrected chi connectivity index (χ3v) is 3.33. The largest absolute Gasteiger partial charge is 0.378 e. The van der Waals surface area contributed by atoms with Crippen LogP contribution in [0.4, 0.5) is 0 Å². The van der Waals surface area contributed by atoms with Crippen LogP contribution in [0.3, 0.4) is 0 Å². The number of nitrogens with one attached hydrogen (secondary N) is 2. The predicted molar refractivity (Wildman–Crippen MR) is 77.2 cm³/mol. The lowest BCUT2D eigenvalue weighted by Gasteiger charge is -2.33. The number of piperidine rings is 1. The maximum Gasteiger partial charge on any atom is 0.216 e. The van der Waals surface area contributed by atoms with Gasteiger partial charge < -0.3 is 20.3 Å². The van der Waals surface area contributed by atoms with Gasteiger partial charge in [-0.05, 0) is 25.9 Å². The zero-order valence-electron chi connectivity index (χ0n) is 12.6. The first-order chi connectivity index (χ1) is 9.08. The van der Waals surface area contributed by atoms with Crippen LogP contribution in [0.1, 0.15) is 33.6 Å². The molecule has 0 spiro atoms. The van der Waals surface area contributed by atoms with E-state index in [9.17, 15) is 4.79 Å². The molecule has 5 heteroatoms. The molecule has 0 aromatic rings. The second-order valence-electron chi connectivity index (χ2n) is 5.53. The van der Waals surface area contributed by atoms with Crippen LogP contribution in [-0.2, 0) is 9.53 Å². The normalized spacial score (nSPS) is 17.9. The fourth-order valence-electron chi connectivity index (χ4n) is 2.39. The number of rotatable bonds is 8. The molecule has 1 fully saturated rings. The molecule has 1 aliphatic heterocycles. The van der Waals surface area contributed by atoms with Crippen LogP contribution in [0.2, 0.25) is 0 Å². The predicted octanol–water partition coefficient (Wildman–Crippen LogP) is 0.602. The van der Waals surface area contributed by atoms with Gasteiger partial charge in [-0.1, -0.05) is 13.8 Å². The fraction of sp³-hybridized carbons (Fsp3) is 0.929. The van der Waals surface area contributed by atoms with Gasteiger partial charge in [-0.15, -0.1) is 0 Å². The Kier molecular flexibility index (Phi) is 8.02. The van der Waals surface area contributed by atoms with Gasteiger partial charge in [-0.3, -0.25) is 4.79 Å². The van der Waals surface area contributed by atoms with Crippen LogP contribution in [0.25, 0.3) is 0 Å². The monoisotopic (exact) mass is 271 g/mol. The second-order valence-corrected chi connectivity index (χ2v) is 5.53. The molecular weight excluding hydrogens is 242 g/mol. The van der Waals surface area contributed by atoms with Gasteiger partial charge in [0.05, 0.1) is 13.2 Å². The number of ether oxygens (including phenoxy) is 1. The Hall–Kier alpha value is -0.650. The summed E-state index contributed by atoms with van der Waals surface area (Å²) in [7, 11) is 0. The summed E-state index contributed by atoms with van der Waals surface area (Å²) in [5, 5.41) is 6.32. The maximum atomic E-state index is 10.7. The first-order valence-electron chi connectivity index (χ1n) is 7.38. The molecule has 19 heavy (non-hydrogen) atoms. The van der Waals surface area contributed by atoms with Crippen molar-refractivity contribution in [1.29, 1.82) is 0 Å². The third-order valence-electron chi connectivity index (χ3n) is 3.33. The van der Waals surface area contributed by atoms with Gasteiger partial charge in [-0.25, -0.2) is 0 Å². The summed E-state index contributed by atoms with van der Waals surface area (Å²) in [5.41, 5.74) is 0. The van der Waals surface area contributed by atoms with E-state index in [-0.39, 0.29) is 5.91 Å². The Morgan fingerprint density at radius 2 is 2.00 bits per heavy atom. The minimum atomic E-state index is 0.00308. The first kappa shape index (κ1) is 16.4. The van der Waals surface area contributed by atoms with Crippen LogP contribution >= 0.6 is 0 Å². The van der Waals surface area contributed by atoms with Crippen molar-refractivity contribution in [3.8, 4) is 0 Å². The number of carbonyl (C=O) groups excluding carboxylic acids is 1. The number of hydrogen-bond donors (Lipinski definition) is 2. The van der Waals surface area contributed by atoms with Crippen LogP contribution in [-0.4, -0.2) is 62.3 Å². The van der Waals surface area contributed by atoms with Crippen molar-refractivity contribution in [2.24, 2.45) is 0 Å². The van der Waals surface area contributed by atoms with Gasteiger partial charge in [0.25, 0.3) is 0 Å². The van der Waals surface area contributed by atoms with E-state index in [0.717, 1.165) is 26.2 Å². The lowest BCUT2D eigenvalue weighted by Crippen LogP contribution is -2.45. The molecule has 0 aromatic carbocycles. The Morgan fingerprint density at radius 1 is 1.32 bits per heavy atom. The molecule has 0 radical (unpaired) electrons. The summed E-state index contributed by atoms with van der Waals surface area (Å²) in [6.07, 6.45) is 2.45. The van der Waals surface area contributed by atoms with E-state index in [1.165, 1.54) is 19.8 Å². The van der Waals surface area contributed by atoms with Gasteiger partial charge in [0.1, 0.15) is 0 Å². The van der Waals surface area contributed by atoms with E-state index in [4.69, 9.17) is 4.74 Å². The molecule has 1 saturated heterocycles. The quantitative estimate of drug-likeness (QED) is 0.635. The molecule has 112 valence electrons. The standard InChI is InChI=1S/C14H29N3O2/c1-12(2)16-14-4-7-17(8-5-14)9-11-19-10-6-15-13(3)18/h12,14,16H,4-11H2,1-3H3,(H,15,18). The SMILES string of the molecule is CC(=O)NCCOCCN1CCC(NC(C)C)CC1. The van der Waals surface area contributed by atoms with E-state index in [2.05, 4.69) is 29.4 Å². The van der Waals surface area contributed by atoms with E-state index in [1.54, 1.807) is 0 Å². The topological polar surface area (TPSA) is 53.6 Å². The summed E-state index contributed by atoms with van der Waals surface area (Å²) in [5.74, 6) is 0.00308. The molecule has 5 nitrogen and oxygen atoms in total. The van der Waals surface area contributed by atoms with Crippen molar-refractivity contribution in [2.45, 2.75) is 45.7 Å². The number of likely N-dealkylation sites (tertiary alicyclic amines) is 1. The van der Waals surface area contributed by atoms with Crippen LogP contribution in [0.15, 0.2) is 0 Å². The van der Waals surface area contributed by atoms with Gasteiger partial charge in [0, 0.05) is 32.1 Å². The molecule has 1 rings (SSSR count). The molecule has 0 aliphatic carbocycles. The summed E-state index contributed by atoms with van der Waals surface area (Å²) in [4.78, 5) is 13.1. The summed E-state index contributed by atoms with van der Waals surface area (Å²) in [6, 6.07) is 1.26. The van der Waals surface area contributed by atoms with Gasteiger partial charge in [0.15, 0.2) is 0 Å². The zero-order chi connectivity index (χ0) is 14.1. The average Bonchev–Trinajstić information content (AvgIpc) is 2.34. The minimum Gasteiger partial charge on any atom is -0.378 e. The van der Waals surface area contributed by atoms with Gasteiger partial charge >= 0.3 is 0 Å². The Labute approximate surface area is 117 Å². The highest BCUT2D eigenvalue weighted by molar-refractivity contribution is 5.72. The molecule has 0 atom stereocenters. The molecule has 2 N–H and O–H groups in total. The highest BCUT2D eigenvalue weighted by Crippen LogP contribution is 2.10. The Morgan fingerprint density at radius 3 is 2.58 bits per heavy atom. The van der Waals surface area contributed by atoms with E-state index < -0.39 is 0 Å². The zero-order valence-corrected chi connectivity index (χ0v) is 12.6. The Bertz CT molecular complexity index is 251. The van der Waals surface area contributed by atoms with E-state index in [1.807, 2.05) is 0 Å². The fourth-order valence-corrected chi connectivity index (χ4v) is 2.39. The van der Waals surface area contributed by atoms with Crippen LogP contribution < -0.4 is 10.6 Å². The molecule has 0 saturated carbocycles. The number of carbonyl (C=O) groups is 1. The molecular formula is C14H29N3O2. The lowest BCUT2D eigenvalue weighted by atomic mass is 10.0. The minimum absolute atomic E-state index is 0.00308. The maximum absolute atomic E-state index is 10.7. The molecule has 1 amide bonds. The van der Waals surface area contributed by atoms with Crippen molar-refractivity contribution < 1.29 is 9.53 Å². The van der Waals surface area contributed by atoms with Crippen molar-refractivity contribution in [3.63, 3.8) is 0 Å². The molecule has 0 bridgehead atoms. The summed E-state index contributed by atoms with van der Waals surface area (Å²) in [6.45, 7) is 11.2. The van der Waals surface area contributed by atoms with Crippen molar-refractivity contribution in [3.05, 3.63) is 0 Å². The molecule has 1 aliphatic rings.